The monoisotopic (exact) mass is 325 g/mol. The van der Waals surface area contributed by atoms with Gasteiger partial charge in [-0.15, -0.1) is 0 Å². The summed E-state index contributed by atoms with van der Waals surface area (Å²) in [7, 11) is 0. The minimum atomic E-state index is -0.624. The van der Waals surface area contributed by atoms with E-state index in [-0.39, 0.29) is 22.6 Å². The van der Waals surface area contributed by atoms with Crippen molar-refractivity contribution in [2.75, 3.05) is 11.6 Å². The normalized spacial score (nSPS) is 11.0. The van der Waals surface area contributed by atoms with Crippen LogP contribution >= 0.6 is 11.6 Å². The second-order valence-electron chi connectivity index (χ2n) is 6.10. The Labute approximate surface area is 135 Å². The summed E-state index contributed by atoms with van der Waals surface area (Å²) >= 11 is 6.08. The molecule has 0 aliphatic heterocycles. The summed E-state index contributed by atoms with van der Waals surface area (Å²) in [6, 6.07) is 1.84. The van der Waals surface area contributed by atoms with Gasteiger partial charge >= 0.3 is 6.09 Å². The lowest BCUT2D eigenvalue weighted by atomic mass is 10.2. The summed E-state index contributed by atoms with van der Waals surface area (Å²) < 4.78 is 5.22. The number of hydrogen-bond donors (Lipinski definition) is 1. The molecule has 0 atom stereocenters. The Balaban J connectivity index is 3.03. The molecule has 0 spiro atoms. The molecule has 7 nitrogen and oxygen atoms in total. The number of nitriles is 1. The number of halogens is 1. The third kappa shape index (κ3) is 5.74. The van der Waals surface area contributed by atoms with Crippen LogP contribution in [0, 0.1) is 17.2 Å². The number of aromatic nitrogens is 2. The molecule has 0 bridgehead atoms. The fourth-order valence-corrected chi connectivity index (χ4v) is 1.76. The molecule has 0 radical (unpaired) electrons. The first-order valence-electron chi connectivity index (χ1n) is 6.82. The van der Waals surface area contributed by atoms with Gasteiger partial charge < -0.3 is 4.74 Å². The molecule has 1 amide bonds. The predicted octanol–water partition coefficient (Wildman–Crippen LogP) is 2.90. The molecule has 1 aromatic rings. The number of anilines is 1. The molecule has 1 N–H and O–H groups in total. The standard InChI is InChI=1S/C14H20ClN5O2/c1-9(2)8-20(19-13(21)22-14(3,4)5)12-10(15)7-17-11(6-16)18-12/h7,9H,8H2,1-5H3,(H,19,21). The van der Waals surface area contributed by atoms with Crippen LogP contribution in [-0.4, -0.2) is 28.2 Å². The highest BCUT2D eigenvalue weighted by Gasteiger charge is 2.21. The third-order valence-corrected chi connectivity index (χ3v) is 2.52. The van der Waals surface area contributed by atoms with Gasteiger partial charge in [0.15, 0.2) is 5.82 Å². The summed E-state index contributed by atoms with van der Waals surface area (Å²) in [5, 5.41) is 10.6. The van der Waals surface area contributed by atoms with Crippen LogP contribution in [0.2, 0.25) is 5.02 Å². The van der Waals surface area contributed by atoms with E-state index in [1.807, 2.05) is 19.9 Å². The Bertz CT molecular complexity index is 578. The molecule has 8 heteroatoms. The van der Waals surface area contributed by atoms with Gasteiger partial charge in [0.05, 0.1) is 6.20 Å². The topological polar surface area (TPSA) is 91.1 Å². The highest BCUT2D eigenvalue weighted by molar-refractivity contribution is 6.32. The van der Waals surface area contributed by atoms with Gasteiger partial charge in [-0.2, -0.15) is 10.2 Å². The van der Waals surface area contributed by atoms with Crippen molar-refractivity contribution >= 4 is 23.5 Å². The second kappa shape index (κ2) is 7.27. The third-order valence-electron chi connectivity index (χ3n) is 2.25. The summed E-state index contributed by atoms with van der Waals surface area (Å²) in [4.78, 5) is 19.8. The lowest BCUT2D eigenvalue weighted by molar-refractivity contribution is 0.0519. The molecule has 1 heterocycles. The SMILES string of the molecule is CC(C)CN(NC(=O)OC(C)(C)C)c1nc(C#N)ncc1Cl. The van der Waals surface area contributed by atoms with E-state index >= 15 is 0 Å². The summed E-state index contributed by atoms with van der Waals surface area (Å²) in [6.45, 7) is 9.70. The van der Waals surface area contributed by atoms with E-state index in [1.165, 1.54) is 11.2 Å². The van der Waals surface area contributed by atoms with Crippen molar-refractivity contribution < 1.29 is 9.53 Å². The Morgan fingerprint density at radius 2 is 2.18 bits per heavy atom. The Hall–Kier alpha value is -2.07. The maximum absolute atomic E-state index is 12.0. The maximum atomic E-state index is 12.0. The zero-order chi connectivity index (χ0) is 16.9. The van der Waals surface area contributed by atoms with Crippen LogP contribution in [0.1, 0.15) is 40.4 Å². The van der Waals surface area contributed by atoms with Crippen LogP contribution in [0.15, 0.2) is 6.20 Å². The van der Waals surface area contributed by atoms with Crippen LogP contribution in [0.3, 0.4) is 0 Å². The molecule has 0 saturated carbocycles. The highest BCUT2D eigenvalue weighted by Crippen LogP contribution is 2.22. The van der Waals surface area contributed by atoms with Gasteiger partial charge in [-0.1, -0.05) is 25.4 Å². The van der Waals surface area contributed by atoms with E-state index < -0.39 is 11.7 Å². The molecular weight excluding hydrogens is 306 g/mol. The zero-order valence-corrected chi connectivity index (χ0v) is 14.1. The van der Waals surface area contributed by atoms with E-state index in [0.717, 1.165) is 0 Å². The number of nitrogens with zero attached hydrogens (tertiary/aromatic N) is 4. The zero-order valence-electron chi connectivity index (χ0n) is 13.3. The smallest absolute Gasteiger partial charge is 0.426 e. The molecule has 1 aromatic heterocycles. The fraction of sp³-hybridized carbons (Fsp3) is 0.571. The van der Waals surface area contributed by atoms with Crippen molar-refractivity contribution in [2.24, 2.45) is 5.92 Å². The molecule has 120 valence electrons. The summed E-state index contributed by atoms with van der Waals surface area (Å²) in [5.41, 5.74) is 1.98. The number of hydrogen-bond acceptors (Lipinski definition) is 6. The Morgan fingerprint density at radius 3 is 2.68 bits per heavy atom. The first-order valence-corrected chi connectivity index (χ1v) is 7.20. The molecule has 0 fully saturated rings. The number of amides is 1. The largest absolute Gasteiger partial charge is 0.443 e. The minimum absolute atomic E-state index is 0.0286. The van der Waals surface area contributed by atoms with Crippen molar-refractivity contribution in [1.29, 1.82) is 5.26 Å². The van der Waals surface area contributed by atoms with Crippen LogP contribution < -0.4 is 10.4 Å². The molecule has 0 unspecified atom stereocenters. The van der Waals surface area contributed by atoms with Crippen molar-refractivity contribution in [2.45, 2.75) is 40.2 Å². The van der Waals surface area contributed by atoms with Crippen molar-refractivity contribution in [3.63, 3.8) is 0 Å². The number of carbonyl (C=O) groups excluding carboxylic acids is 1. The summed E-state index contributed by atoms with van der Waals surface area (Å²) in [6.07, 6.45) is 0.702. The first-order chi connectivity index (χ1) is 10.1. The van der Waals surface area contributed by atoms with Crippen molar-refractivity contribution in [1.82, 2.24) is 15.4 Å². The first kappa shape index (κ1) is 18.0. The predicted molar refractivity (Wildman–Crippen MR) is 83.3 cm³/mol. The van der Waals surface area contributed by atoms with Gasteiger partial charge in [-0.3, -0.25) is 5.01 Å². The van der Waals surface area contributed by atoms with Crippen LogP contribution in [0.4, 0.5) is 10.6 Å². The van der Waals surface area contributed by atoms with Crippen molar-refractivity contribution in [3.8, 4) is 6.07 Å². The fourth-order valence-electron chi connectivity index (χ4n) is 1.56. The van der Waals surface area contributed by atoms with Gasteiger partial charge in [-0.05, 0) is 26.7 Å². The van der Waals surface area contributed by atoms with Crippen molar-refractivity contribution in [3.05, 3.63) is 17.0 Å². The number of hydrazine groups is 1. The molecule has 0 aliphatic carbocycles. The van der Waals surface area contributed by atoms with E-state index in [9.17, 15) is 4.79 Å². The van der Waals surface area contributed by atoms with E-state index in [2.05, 4.69) is 15.4 Å². The lowest BCUT2D eigenvalue weighted by Crippen LogP contribution is -2.47. The Morgan fingerprint density at radius 1 is 1.55 bits per heavy atom. The van der Waals surface area contributed by atoms with Crippen LogP contribution in [0.5, 0.6) is 0 Å². The number of carbonyl (C=O) groups is 1. The maximum Gasteiger partial charge on any atom is 0.426 e. The van der Waals surface area contributed by atoms with E-state index in [4.69, 9.17) is 21.6 Å². The number of ether oxygens (including phenoxy) is 1. The molecule has 0 aliphatic rings. The Kier molecular flexibility index (Phi) is 5.94. The highest BCUT2D eigenvalue weighted by atomic mass is 35.5. The van der Waals surface area contributed by atoms with Gasteiger partial charge in [0.2, 0.25) is 5.82 Å². The van der Waals surface area contributed by atoms with Gasteiger partial charge in [0.1, 0.15) is 16.7 Å². The quantitative estimate of drug-likeness (QED) is 0.856. The average Bonchev–Trinajstić information content (AvgIpc) is 2.35. The van der Waals surface area contributed by atoms with Gasteiger partial charge in [0, 0.05) is 6.54 Å². The number of nitrogens with one attached hydrogen (secondary N) is 1. The molecule has 1 rings (SSSR count). The van der Waals surface area contributed by atoms with E-state index in [1.54, 1.807) is 20.8 Å². The molecule has 0 saturated heterocycles. The van der Waals surface area contributed by atoms with Crippen LogP contribution in [0.25, 0.3) is 0 Å². The van der Waals surface area contributed by atoms with Crippen LogP contribution in [-0.2, 0) is 4.74 Å². The molecule has 22 heavy (non-hydrogen) atoms. The summed E-state index contributed by atoms with van der Waals surface area (Å²) in [5.74, 6) is 0.443. The molecule has 0 aromatic carbocycles. The van der Waals surface area contributed by atoms with Gasteiger partial charge in [0.25, 0.3) is 0 Å². The minimum Gasteiger partial charge on any atom is -0.443 e. The van der Waals surface area contributed by atoms with E-state index in [0.29, 0.717) is 6.54 Å². The van der Waals surface area contributed by atoms with Gasteiger partial charge in [-0.25, -0.2) is 15.2 Å². The molecular formula is C14H20ClN5O2. The second-order valence-corrected chi connectivity index (χ2v) is 6.50. The number of rotatable bonds is 4. The lowest BCUT2D eigenvalue weighted by Gasteiger charge is -2.28. The average molecular weight is 326 g/mol.